The number of likely N-dealkylation sites (N-methyl/N-ethyl adjacent to an activating group) is 1. The first-order valence-electron chi connectivity index (χ1n) is 6.80. The van der Waals surface area contributed by atoms with Gasteiger partial charge in [-0.25, -0.2) is 0 Å². The molecule has 1 aliphatic carbocycles. The number of hydrogen-bond acceptors (Lipinski definition) is 3. The molecular weight excluding hydrogens is 200 g/mol. The van der Waals surface area contributed by atoms with E-state index in [4.69, 9.17) is 4.74 Å². The summed E-state index contributed by atoms with van der Waals surface area (Å²) in [7, 11) is 2.17. The Labute approximate surface area is 101 Å². The Balaban J connectivity index is 1.76. The van der Waals surface area contributed by atoms with E-state index in [1.54, 1.807) is 0 Å². The largest absolute Gasteiger partial charge is 0.380 e. The predicted octanol–water partition coefficient (Wildman–Crippen LogP) is 1.73. The number of nitrogens with zero attached hydrogens (tertiary/aromatic N) is 1. The highest BCUT2D eigenvalue weighted by Gasteiger charge is 2.20. The third-order valence-electron chi connectivity index (χ3n) is 3.05. The highest BCUT2D eigenvalue weighted by Crippen LogP contribution is 2.28. The molecule has 16 heavy (non-hydrogen) atoms. The van der Waals surface area contributed by atoms with Gasteiger partial charge in [-0.15, -0.1) is 0 Å². The Morgan fingerprint density at radius 2 is 2.06 bits per heavy atom. The standard InChI is InChI=1S/C13H28N2O/c1-3-4-7-14-8-9-15(2)10-11-16-12-13-5-6-13/h13-14H,3-12H2,1-2H3. The molecule has 1 fully saturated rings. The van der Waals surface area contributed by atoms with Crippen LogP contribution < -0.4 is 5.32 Å². The first-order chi connectivity index (χ1) is 7.83. The Bertz CT molecular complexity index is 160. The van der Waals surface area contributed by atoms with Gasteiger partial charge in [-0.2, -0.15) is 0 Å². The molecule has 1 rings (SSSR count). The summed E-state index contributed by atoms with van der Waals surface area (Å²) in [5.41, 5.74) is 0. The SMILES string of the molecule is CCCCNCCN(C)CCOCC1CC1. The Kier molecular flexibility index (Phi) is 7.81. The van der Waals surface area contributed by atoms with E-state index in [1.165, 1.54) is 25.7 Å². The van der Waals surface area contributed by atoms with Crippen LogP contribution in [0.3, 0.4) is 0 Å². The number of unbranched alkanes of at least 4 members (excludes halogenated alkanes) is 1. The van der Waals surface area contributed by atoms with Crippen LogP contribution in [0.5, 0.6) is 0 Å². The van der Waals surface area contributed by atoms with Gasteiger partial charge in [0.1, 0.15) is 0 Å². The lowest BCUT2D eigenvalue weighted by atomic mass is 10.3. The Hall–Kier alpha value is -0.120. The summed E-state index contributed by atoms with van der Waals surface area (Å²) in [5, 5.41) is 3.45. The topological polar surface area (TPSA) is 24.5 Å². The molecule has 0 atom stereocenters. The van der Waals surface area contributed by atoms with Crippen molar-refractivity contribution in [1.29, 1.82) is 0 Å². The zero-order valence-electron chi connectivity index (χ0n) is 11.0. The second-order valence-electron chi connectivity index (χ2n) is 4.93. The van der Waals surface area contributed by atoms with Gasteiger partial charge in [-0.3, -0.25) is 0 Å². The number of nitrogens with one attached hydrogen (secondary N) is 1. The van der Waals surface area contributed by atoms with Crippen molar-refractivity contribution in [3.05, 3.63) is 0 Å². The quantitative estimate of drug-likeness (QED) is 0.545. The molecule has 1 N–H and O–H groups in total. The van der Waals surface area contributed by atoms with Crippen LogP contribution in [0.1, 0.15) is 32.6 Å². The van der Waals surface area contributed by atoms with E-state index in [9.17, 15) is 0 Å². The average molecular weight is 228 g/mol. The molecule has 1 aliphatic rings. The van der Waals surface area contributed by atoms with E-state index in [2.05, 4.69) is 24.2 Å². The number of rotatable bonds is 11. The number of hydrogen-bond donors (Lipinski definition) is 1. The minimum Gasteiger partial charge on any atom is -0.380 e. The molecule has 0 amide bonds. The van der Waals surface area contributed by atoms with Crippen LogP contribution in [0.25, 0.3) is 0 Å². The maximum atomic E-state index is 5.61. The summed E-state index contributed by atoms with van der Waals surface area (Å²) < 4.78 is 5.61. The van der Waals surface area contributed by atoms with Crippen molar-refractivity contribution in [2.24, 2.45) is 5.92 Å². The molecule has 96 valence electrons. The van der Waals surface area contributed by atoms with Gasteiger partial charge in [-0.05, 0) is 38.8 Å². The van der Waals surface area contributed by atoms with Crippen molar-refractivity contribution in [1.82, 2.24) is 10.2 Å². The molecule has 0 spiro atoms. The van der Waals surface area contributed by atoms with E-state index in [-0.39, 0.29) is 0 Å². The second-order valence-corrected chi connectivity index (χ2v) is 4.93. The van der Waals surface area contributed by atoms with E-state index in [0.717, 1.165) is 45.3 Å². The summed E-state index contributed by atoms with van der Waals surface area (Å²) in [5.74, 6) is 0.890. The van der Waals surface area contributed by atoms with Crippen molar-refractivity contribution in [2.45, 2.75) is 32.6 Å². The van der Waals surface area contributed by atoms with Gasteiger partial charge < -0.3 is 15.0 Å². The van der Waals surface area contributed by atoms with Crippen LogP contribution in [0.2, 0.25) is 0 Å². The molecule has 0 saturated heterocycles. The lowest BCUT2D eigenvalue weighted by Gasteiger charge is -2.16. The highest BCUT2D eigenvalue weighted by atomic mass is 16.5. The molecule has 0 bridgehead atoms. The van der Waals surface area contributed by atoms with Crippen LogP contribution in [0, 0.1) is 5.92 Å². The van der Waals surface area contributed by atoms with Gasteiger partial charge >= 0.3 is 0 Å². The molecule has 0 unspecified atom stereocenters. The normalized spacial score (nSPS) is 15.9. The van der Waals surface area contributed by atoms with Gasteiger partial charge in [-0.1, -0.05) is 13.3 Å². The van der Waals surface area contributed by atoms with Crippen LogP contribution in [-0.4, -0.2) is 51.3 Å². The van der Waals surface area contributed by atoms with E-state index in [1.807, 2.05) is 0 Å². The average Bonchev–Trinajstić information content (AvgIpc) is 3.08. The van der Waals surface area contributed by atoms with Gasteiger partial charge in [0.2, 0.25) is 0 Å². The molecule has 3 heteroatoms. The molecular formula is C13H28N2O. The molecule has 0 heterocycles. The molecule has 0 aliphatic heterocycles. The summed E-state index contributed by atoms with van der Waals surface area (Å²) in [6.07, 6.45) is 5.33. The van der Waals surface area contributed by atoms with Crippen LogP contribution >= 0.6 is 0 Å². The summed E-state index contributed by atoms with van der Waals surface area (Å²) in [6, 6.07) is 0. The number of ether oxygens (including phenoxy) is 1. The summed E-state index contributed by atoms with van der Waals surface area (Å²) in [6.45, 7) is 8.54. The molecule has 0 aromatic heterocycles. The minimum absolute atomic E-state index is 0.890. The fourth-order valence-corrected chi connectivity index (χ4v) is 1.56. The third-order valence-corrected chi connectivity index (χ3v) is 3.05. The first-order valence-corrected chi connectivity index (χ1v) is 6.80. The van der Waals surface area contributed by atoms with Crippen molar-refractivity contribution in [3.8, 4) is 0 Å². The molecule has 1 saturated carbocycles. The minimum atomic E-state index is 0.890. The van der Waals surface area contributed by atoms with Gasteiger partial charge in [0.25, 0.3) is 0 Å². The monoisotopic (exact) mass is 228 g/mol. The third kappa shape index (κ3) is 8.08. The fraction of sp³-hybridized carbons (Fsp3) is 1.00. The lowest BCUT2D eigenvalue weighted by Crippen LogP contribution is -2.32. The van der Waals surface area contributed by atoms with Crippen molar-refractivity contribution in [2.75, 3.05) is 46.4 Å². The van der Waals surface area contributed by atoms with E-state index >= 15 is 0 Å². The van der Waals surface area contributed by atoms with Crippen LogP contribution in [0.15, 0.2) is 0 Å². The smallest absolute Gasteiger partial charge is 0.0593 e. The summed E-state index contributed by atoms with van der Waals surface area (Å²) in [4.78, 5) is 2.34. The van der Waals surface area contributed by atoms with Gasteiger partial charge in [0, 0.05) is 26.2 Å². The Morgan fingerprint density at radius 3 is 2.75 bits per heavy atom. The zero-order valence-corrected chi connectivity index (χ0v) is 11.0. The molecule has 3 nitrogen and oxygen atoms in total. The van der Waals surface area contributed by atoms with Crippen molar-refractivity contribution in [3.63, 3.8) is 0 Å². The van der Waals surface area contributed by atoms with Gasteiger partial charge in [0.15, 0.2) is 0 Å². The van der Waals surface area contributed by atoms with E-state index < -0.39 is 0 Å². The predicted molar refractivity (Wildman–Crippen MR) is 68.8 cm³/mol. The zero-order chi connectivity index (χ0) is 11.6. The molecule has 0 radical (unpaired) electrons. The molecule has 0 aromatic carbocycles. The van der Waals surface area contributed by atoms with Crippen molar-refractivity contribution < 1.29 is 4.74 Å². The van der Waals surface area contributed by atoms with Crippen molar-refractivity contribution >= 4 is 0 Å². The second kappa shape index (κ2) is 8.97. The maximum absolute atomic E-state index is 5.61. The first kappa shape index (κ1) is 13.9. The van der Waals surface area contributed by atoms with E-state index in [0.29, 0.717) is 0 Å². The fourth-order valence-electron chi connectivity index (χ4n) is 1.56. The maximum Gasteiger partial charge on any atom is 0.0593 e. The van der Waals surface area contributed by atoms with Gasteiger partial charge in [0.05, 0.1) is 6.61 Å². The van der Waals surface area contributed by atoms with Crippen LogP contribution in [0.4, 0.5) is 0 Å². The highest BCUT2D eigenvalue weighted by molar-refractivity contribution is 4.72. The lowest BCUT2D eigenvalue weighted by molar-refractivity contribution is 0.104. The van der Waals surface area contributed by atoms with Crippen LogP contribution in [-0.2, 0) is 4.74 Å². The Morgan fingerprint density at radius 1 is 1.25 bits per heavy atom. The molecule has 0 aromatic rings. The summed E-state index contributed by atoms with van der Waals surface area (Å²) >= 11 is 0.